The zero-order chi connectivity index (χ0) is 22.8. The quantitative estimate of drug-likeness (QED) is 0.378. The average Bonchev–Trinajstić information content (AvgIpc) is 2.87. The van der Waals surface area contributed by atoms with Crippen molar-refractivity contribution in [1.29, 1.82) is 0 Å². The molecular formula is C27H24ClN3O2. The highest BCUT2D eigenvalue weighted by atomic mass is 35.5. The van der Waals surface area contributed by atoms with Gasteiger partial charge in [0.1, 0.15) is 0 Å². The topological polar surface area (TPSA) is 56.3 Å². The number of nitrogens with zero attached hydrogens (tertiary/aromatic N) is 2. The molecule has 0 saturated heterocycles. The zero-order valence-electron chi connectivity index (χ0n) is 18.5. The monoisotopic (exact) mass is 457 g/mol. The average molecular weight is 458 g/mol. The molecule has 33 heavy (non-hydrogen) atoms. The maximum Gasteiger partial charge on any atom is 0.223 e. The summed E-state index contributed by atoms with van der Waals surface area (Å²) in [6.45, 7) is 0.578. The fourth-order valence-electron chi connectivity index (χ4n) is 4.39. The van der Waals surface area contributed by atoms with E-state index in [9.17, 15) is 0 Å². The summed E-state index contributed by atoms with van der Waals surface area (Å²) in [4.78, 5) is 9.49. The molecule has 1 N–H and O–H groups in total. The van der Waals surface area contributed by atoms with E-state index in [0.29, 0.717) is 24.0 Å². The van der Waals surface area contributed by atoms with Gasteiger partial charge in [-0.05, 0) is 52.9 Å². The van der Waals surface area contributed by atoms with Gasteiger partial charge in [0.2, 0.25) is 5.95 Å². The molecule has 0 radical (unpaired) electrons. The number of rotatable bonds is 6. The van der Waals surface area contributed by atoms with E-state index >= 15 is 0 Å². The summed E-state index contributed by atoms with van der Waals surface area (Å²) in [6.07, 6.45) is 2.79. The molecule has 1 heterocycles. The molecule has 0 fully saturated rings. The fourth-order valence-corrected chi connectivity index (χ4v) is 4.51. The van der Waals surface area contributed by atoms with Crippen LogP contribution in [0.15, 0.2) is 72.9 Å². The van der Waals surface area contributed by atoms with E-state index < -0.39 is 0 Å². The van der Waals surface area contributed by atoms with Crippen LogP contribution in [0.5, 0.6) is 11.5 Å². The standard InChI is InChI=1S/C27H24ClN3O2/c1-32-24-12-7-17(13-25(24)33-2)15-29-27-30-16-19-14-23(18-8-10-20(28)11-9-18)21-5-3-4-6-22(21)26(19)31-27/h3-13,16,23H,14-15H2,1-2H3,(H,29,30,31). The predicted molar refractivity (Wildman–Crippen MR) is 131 cm³/mol. The van der Waals surface area contributed by atoms with Gasteiger partial charge >= 0.3 is 0 Å². The van der Waals surface area contributed by atoms with E-state index in [-0.39, 0.29) is 5.92 Å². The minimum Gasteiger partial charge on any atom is -0.493 e. The van der Waals surface area contributed by atoms with E-state index in [0.717, 1.165) is 33.8 Å². The molecule has 3 aromatic carbocycles. The van der Waals surface area contributed by atoms with Crippen LogP contribution in [0.1, 0.15) is 28.2 Å². The van der Waals surface area contributed by atoms with Gasteiger partial charge in [0.15, 0.2) is 11.5 Å². The van der Waals surface area contributed by atoms with Crippen LogP contribution in [0.25, 0.3) is 11.3 Å². The molecule has 0 amide bonds. The van der Waals surface area contributed by atoms with E-state index in [1.54, 1.807) is 14.2 Å². The molecule has 1 aliphatic carbocycles. The highest BCUT2D eigenvalue weighted by Crippen LogP contribution is 2.42. The first-order valence-electron chi connectivity index (χ1n) is 10.8. The van der Waals surface area contributed by atoms with Crippen molar-refractivity contribution in [1.82, 2.24) is 9.97 Å². The van der Waals surface area contributed by atoms with Gasteiger partial charge < -0.3 is 14.8 Å². The Hall–Kier alpha value is -3.57. The summed E-state index contributed by atoms with van der Waals surface area (Å²) in [5.41, 5.74) is 6.85. The summed E-state index contributed by atoms with van der Waals surface area (Å²) in [6, 6.07) is 22.4. The lowest BCUT2D eigenvalue weighted by molar-refractivity contribution is 0.354. The van der Waals surface area contributed by atoms with Crippen LogP contribution < -0.4 is 14.8 Å². The van der Waals surface area contributed by atoms with Gasteiger partial charge in [-0.3, -0.25) is 0 Å². The molecule has 5 nitrogen and oxygen atoms in total. The zero-order valence-corrected chi connectivity index (χ0v) is 19.3. The first-order chi connectivity index (χ1) is 16.2. The second-order valence-corrected chi connectivity index (χ2v) is 8.44. The van der Waals surface area contributed by atoms with Crippen LogP contribution in [0.2, 0.25) is 5.02 Å². The molecule has 1 aromatic heterocycles. The summed E-state index contributed by atoms with van der Waals surface area (Å²) in [5, 5.41) is 4.09. The van der Waals surface area contributed by atoms with Crippen molar-refractivity contribution >= 4 is 17.5 Å². The maximum absolute atomic E-state index is 6.12. The Kier molecular flexibility index (Phi) is 5.88. The molecule has 1 unspecified atom stereocenters. The van der Waals surface area contributed by atoms with Gasteiger partial charge in [0.25, 0.3) is 0 Å². The third-order valence-electron chi connectivity index (χ3n) is 6.05. The van der Waals surface area contributed by atoms with Gasteiger partial charge in [-0.1, -0.05) is 54.1 Å². The molecule has 1 aliphatic rings. The molecule has 0 spiro atoms. The Morgan fingerprint density at radius 1 is 0.970 bits per heavy atom. The number of methoxy groups -OCH3 is 2. The third-order valence-corrected chi connectivity index (χ3v) is 6.30. The molecular weight excluding hydrogens is 434 g/mol. The Morgan fingerprint density at radius 2 is 1.76 bits per heavy atom. The van der Waals surface area contributed by atoms with Crippen molar-refractivity contribution in [2.45, 2.75) is 18.9 Å². The lowest BCUT2D eigenvalue weighted by atomic mass is 9.78. The van der Waals surface area contributed by atoms with Crippen LogP contribution in [-0.2, 0) is 13.0 Å². The van der Waals surface area contributed by atoms with Crippen molar-refractivity contribution in [3.63, 3.8) is 0 Å². The van der Waals surface area contributed by atoms with Gasteiger partial charge in [0, 0.05) is 29.2 Å². The van der Waals surface area contributed by atoms with E-state index in [1.165, 1.54) is 11.1 Å². The van der Waals surface area contributed by atoms with Gasteiger partial charge in [0.05, 0.1) is 19.9 Å². The minimum absolute atomic E-state index is 0.250. The summed E-state index contributed by atoms with van der Waals surface area (Å²) in [7, 11) is 3.27. The molecule has 0 aliphatic heterocycles. The van der Waals surface area contributed by atoms with Crippen LogP contribution in [0, 0.1) is 0 Å². The van der Waals surface area contributed by atoms with E-state index in [2.05, 4.69) is 46.7 Å². The number of ether oxygens (including phenoxy) is 2. The highest BCUT2D eigenvalue weighted by Gasteiger charge is 2.27. The second-order valence-electron chi connectivity index (χ2n) is 8.01. The lowest BCUT2D eigenvalue weighted by Crippen LogP contribution is -2.15. The third kappa shape index (κ3) is 4.24. The SMILES string of the molecule is COc1ccc(CNc2ncc3c(n2)-c2ccccc2C(c2ccc(Cl)cc2)C3)cc1OC. The van der Waals surface area contributed by atoms with E-state index in [4.69, 9.17) is 26.1 Å². The maximum atomic E-state index is 6.12. The van der Waals surface area contributed by atoms with Crippen molar-refractivity contribution in [2.75, 3.05) is 19.5 Å². The lowest BCUT2D eigenvalue weighted by Gasteiger charge is -2.27. The number of hydrogen-bond donors (Lipinski definition) is 1. The predicted octanol–water partition coefficient (Wildman–Crippen LogP) is 6.11. The first kappa shape index (κ1) is 21.3. The summed E-state index contributed by atoms with van der Waals surface area (Å²) < 4.78 is 10.7. The molecule has 0 saturated carbocycles. The first-order valence-corrected chi connectivity index (χ1v) is 11.2. The Balaban J connectivity index is 1.42. The van der Waals surface area contributed by atoms with Crippen molar-refractivity contribution in [2.24, 2.45) is 0 Å². The Morgan fingerprint density at radius 3 is 2.55 bits per heavy atom. The van der Waals surface area contributed by atoms with Crippen LogP contribution in [-0.4, -0.2) is 24.2 Å². The van der Waals surface area contributed by atoms with Crippen LogP contribution in [0.4, 0.5) is 5.95 Å². The molecule has 5 rings (SSSR count). The number of benzene rings is 3. The number of anilines is 1. The highest BCUT2D eigenvalue weighted by molar-refractivity contribution is 6.30. The number of nitrogens with one attached hydrogen (secondary N) is 1. The Bertz CT molecular complexity index is 1290. The van der Waals surface area contributed by atoms with Crippen LogP contribution >= 0.6 is 11.6 Å². The number of halogens is 1. The van der Waals surface area contributed by atoms with E-state index in [1.807, 2.05) is 36.5 Å². The number of fused-ring (bicyclic) bond motifs is 3. The number of aromatic nitrogens is 2. The van der Waals surface area contributed by atoms with Gasteiger partial charge in [-0.2, -0.15) is 0 Å². The van der Waals surface area contributed by atoms with Crippen molar-refractivity contribution < 1.29 is 9.47 Å². The van der Waals surface area contributed by atoms with Crippen molar-refractivity contribution in [3.05, 3.63) is 100 Å². The molecule has 166 valence electrons. The van der Waals surface area contributed by atoms with Gasteiger partial charge in [-0.15, -0.1) is 0 Å². The molecule has 0 bridgehead atoms. The largest absolute Gasteiger partial charge is 0.493 e. The van der Waals surface area contributed by atoms with Crippen molar-refractivity contribution in [3.8, 4) is 22.8 Å². The van der Waals surface area contributed by atoms with Crippen LogP contribution in [0.3, 0.4) is 0 Å². The van der Waals surface area contributed by atoms with Gasteiger partial charge in [-0.25, -0.2) is 9.97 Å². The fraction of sp³-hybridized carbons (Fsp3) is 0.185. The minimum atomic E-state index is 0.250. The second kappa shape index (κ2) is 9.12. The normalized spacial score (nSPS) is 14.2. The molecule has 1 atom stereocenters. The Labute approximate surface area is 198 Å². The summed E-state index contributed by atoms with van der Waals surface area (Å²) in [5.74, 6) is 2.26. The molecule has 4 aromatic rings. The molecule has 6 heteroatoms. The summed E-state index contributed by atoms with van der Waals surface area (Å²) >= 11 is 6.12. The smallest absolute Gasteiger partial charge is 0.223 e. The number of hydrogen-bond acceptors (Lipinski definition) is 5.